The number of carbonyl (C=O) groups excluding carboxylic acids is 3. The molecule has 0 radical (unpaired) electrons. The Balaban J connectivity index is 1.32. The Labute approximate surface area is 167 Å². The molecule has 4 rings (SSSR count). The summed E-state index contributed by atoms with van der Waals surface area (Å²) in [5, 5.41) is 7.71. The van der Waals surface area contributed by atoms with Crippen LogP contribution in [0.5, 0.6) is 0 Å². The van der Waals surface area contributed by atoms with Gasteiger partial charge in [-0.15, -0.1) is 11.3 Å². The van der Waals surface area contributed by atoms with Gasteiger partial charge in [-0.25, -0.2) is 0 Å². The van der Waals surface area contributed by atoms with Gasteiger partial charge in [0.2, 0.25) is 11.8 Å². The van der Waals surface area contributed by atoms with E-state index in [0.717, 1.165) is 31.4 Å². The number of hydrogen-bond acceptors (Lipinski definition) is 4. The fourth-order valence-electron chi connectivity index (χ4n) is 3.40. The van der Waals surface area contributed by atoms with Crippen LogP contribution < -0.4 is 10.6 Å². The molecule has 28 heavy (non-hydrogen) atoms. The summed E-state index contributed by atoms with van der Waals surface area (Å²) in [6, 6.07) is 10.9. The fourth-order valence-corrected chi connectivity index (χ4v) is 4.09. The molecule has 1 aromatic heterocycles. The first kappa shape index (κ1) is 18.7. The van der Waals surface area contributed by atoms with Gasteiger partial charge in [-0.05, 0) is 61.4 Å². The molecule has 2 fully saturated rings. The van der Waals surface area contributed by atoms with Gasteiger partial charge in [0.1, 0.15) is 0 Å². The first-order valence-electron chi connectivity index (χ1n) is 9.65. The van der Waals surface area contributed by atoms with Crippen LogP contribution in [0.2, 0.25) is 0 Å². The van der Waals surface area contributed by atoms with E-state index in [1.165, 1.54) is 11.3 Å². The highest BCUT2D eigenvalue weighted by molar-refractivity contribution is 7.12. The Bertz CT molecular complexity index is 860. The molecule has 1 aliphatic heterocycles. The molecule has 2 aromatic rings. The van der Waals surface area contributed by atoms with Crippen LogP contribution in [-0.2, 0) is 9.59 Å². The number of anilines is 2. The molecule has 2 heterocycles. The van der Waals surface area contributed by atoms with Crippen LogP contribution in [0.1, 0.15) is 35.4 Å². The van der Waals surface area contributed by atoms with Gasteiger partial charge in [0.25, 0.3) is 5.91 Å². The third-order valence-electron chi connectivity index (χ3n) is 5.18. The Hall–Kier alpha value is -2.67. The van der Waals surface area contributed by atoms with Crippen molar-refractivity contribution in [2.24, 2.45) is 11.8 Å². The zero-order valence-electron chi connectivity index (χ0n) is 15.5. The van der Waals surface area contributed by atoms with Crippen molar-refractivity contribution in [1.82, 2.24) is 4.90 Å². The minimum atomic E-state index is -0.216. The van der Waals surface area contributed by atoms with E-state index < -0.39 is 0 Å². The van der Waals surface area contributed by atoms with E-state index in [1.54, 1.807) is 29.2 Å². The van der Waals surface area contributed by atoms with E-state index in [-0.39, 0.29) is 29.6 Å². The maximum atomic E-state index is 12.7. The van der Waals surface area contributed by atoms with Gasteiger partial charge in [-0.3, -0.25) is 14.4 Å². The van der Waals surface area contributed by atoms with E-state index >= 15 is 0 Å². The third kappa shape index (κ3) is 4.42. The number of nitrogens with one attached hydrogen (secondary N) is 2. The van der Waals surface area contributed by atoms with Gasteiger partial charge in [-0.2, -0.15) is 0 Å². The lowest BCUT2D eigenvalue weighted by Crippen LogP contribution is -2.43. The van der Waals surface area contributed by atoms with Gasteiger partial charge in [0.15, 0.2) is 0 Å². The molecule has 1 atom stereocenters. The standard InChI is InChI=1S/C21H23N3O3S/c25-19(14-5-6-14)22-16-7-9-17(10-8-16)23-20(26)15-3-1-11-24(13-15)21(27)18-4-2-12-28-18/h2,4,7-10,12,14-15H,1,3,5-6,11,13H2,(H,22,25)(H,23,26). The molecule has 1 saturated carbocycles. The number of carbonyl (C=O) groups is 3. The zero-order chi connectivity index (χ0) is 19.5. The molecule has 2 N–H and O–H groups in total. The largest absolute Gasteiger partial charge is 0.337 e. The van der Waals surface area contributed by atoms with E-state index in [1.807, 2.05) is 17.5 Å². The van der Waals surface area contributed by atoms with Gasteiger partial charge < -0.3 is 15.5 Å². The summed E-state index contributed by atoms with van der Waals surface area (Å²) in [5.41, 5.74) is 1.43. The summed E-state index contributed by atoms with van der Waals surface area (Å²) in [6.07, 6.45) is 3.53. The fraction of sp³-hybridized carbons (Fsp3) is 0.381. The molecule has 3 amide bonds. The molecule has 2 aliphatic rings. The van der Waals surface area contributed by atoms with Crippen molar-refractivity contribution in [2.75, 3.05) is 23.7 Å². The van der Waals surface area contributed by atoms with Crippen molar-refractivity contribution in [3.63, 3.8) is 0 Å². The number of nitrogens with zero attached hydrogens (tertiary/aromatic N) is 1. The minimum absolute atomic E-state index is 0.00302. The van der Waals surface area contributed by atoms with Crippen LogP contribution in [0.15, 0.2) is 41.8 Å². The lowest BCUT2D eigenvalue weighted by Gasteiger charge is -2.31. The highest BCUT2D eigenvalue weighted by atomic mass is 32.1. The Morgan fingerprint density at radius 2 is 1.54 bits per heavy atom. The number of rotatable bonds is 5. The SMILES string of the molecule is O=C(Nc1ccc(NC(=O)C2CCCN(C(=O)c3cccs3)C2)cc1)C1CC1. The third-order valence-corrected chi connectivity index (χ3v) is 6.04. The molecule has 146 valence electrons. The monoisotopic (exact) mass is 397 g/mol. The van der Waals surface area contributed by atoms with Crippen molar-refractivity contribution in [3.8, 4) is 0 Å². The van der Waals surface area contributed by atoms with Gasteiger partial charge >= 0.3 is 0 Å². The topological polar surface area (TPSA) is 78.5 Å². The Kier molecular flexibility index (Phi) is 5.43. The molecule has 0 spiro atoms. The van der Waals surface area contributed by atoms with Crippen molar-refractivity contribution < 1.29 is 14.4 Å². The van der Waals surface area contributed by atoms with E-state index in [2.05, 4.69) is 10.6 Å². The van der Waals surface area contributed by atoms with E-state index in [4.69, 9.17) is 0 Å². The van der Waals surface area contributed by atoms with Crippen molar-refractivity contribution >= 4 is 40.4 Å². The van der Waals surface area contributed by atoms with E-state index in [9.17, 15) is 14.4 Å². The van der Waals surface area contributed by atoms with Crippen molar-refractivity contribution in [2.45, 2.75) is 25.7 Å². The maximum absolute atomic E-state index is 12.7. The lowest BCUT2D eigenvalue weighted by atomic mass is 9.97. The number of likely N-dealkylation sites (tertiary alicyclic amines) is 1. The maximum Gasteiger partial charge on any atom is 0.263 e. The number of thiophene rings is 1. The number of benzene rings is 1. The Morgan fingerprint density at radius 1 is 0.893 bits per heavy atom. The van der Waals surface area contributed by atoms with E-state index in [0.29, 0.717) is 23.7 Å². The minimum Gasteiger partial charge on any atom is -0.337 e. The summed E-state index contributed by atoms with van der Waals surface area (Å²) >= 11 is 1.43. The van der Waals surface area contributed by atoms with Gasteiger partial charge in [0, 0.05) is 30.4 Å². The number of hydrogen-bond donors (Lipinski definition) is 2. The number of amides is 3. The second-order valence-electron chi connectivity index (χ2n) is 7.40. The lowest BCUT2D eigenvalue weighted by molar-refractivity contribution is -0.121. The second kappa shape index (κ2) is 8.14. The van der Waals surface area contributed by atoms with Crippen LogP contribution in [0, 0.1) is 11.8 Å². The van der Waals surface area contributed by atoms with Gasteiger partial charge in [0.05, 0.1) is 10.8 Å². The second-order valence-corrected chi connectivity index (χ2v) is 8.35. The molecule has 1 aromatic carbocycles. The molecule has 1 aliphatic carbocycles. The normalized spacial score (nSPS) is 19.1. The summed E-state index contributed by atoms with van der Waals surface area (Å²) in [7, 11) is 0. The predicted molar refractivity (Wildman–Crippen MR) is 109 cm³/mol. The highest BCUT2D eigenvalue weighted by Crippen LogP contribution is 2.30. The first-order valence-corrected chi connectivity index (χ1v) is 10.5. The summed E-state index contributed by atoms with van der Waals surface area (Å²) in [6.45, 7) is 1.13. The van der Waals surface area contributed by atoms with Crippen LogP contribution in [0.4, 0.5) is 11.4 Å². The van der Waals surface area contributed by atoms with Crippen LogP contribution in [0.25, 0.3) is 0 Å². The molecule has 7 heteroatoms. The first-order chi connectivity index (χ1) is 13.6. The average Bonchev–Trinajstić information content (AvgIpc) is 3.43. The van der Waals surface area contributed by atoms with Crippen LogP contribution in [0.3, 0.4) is 0 Å². The van der Waals surface area contributed by atoms with Crippen LogP contribution >= 0.6 is 11.3 Å². The summed E-state index contributed by atoms with van der Waals surface area (Å²) in [5.74, 6) is -0.0615. The molecule has 0 bridgehead atoms. The highest BCUT2D eigenvalue weighted by Gasteiger charge is 2.30. The molecule has 1 saturated heterocycles. The summed E-state index contributed by atoms with van der Waals surface area (Å²) < 4.78 is 0. The van der Waals surface area contributed by atoms with Crippen LogP contribution in [-0.4, -0.2) is 35.7 Å². The predicted octanol–water partition coefficient (Wildman–Crippen LogP) is 3.59. The summed E-state index contributed by atoms with van der Waals surface area (Å²) in [4.78, 5) is 39.5. The zero-order valence-corrected chi connectivity index (χ0v) is 16.3. The molecular weight excluding hydrogens is 374 g/mol. The van der Waals surface area contributed by atoms with Crippen molar-refractivity contribution in [3.05, 3.63) is 46.7 Å². The van der Waals surface area contributed by atoms with Gasteiger partial charge in [-0.1, -0.05) is 6.07 Å². The van der Waals surface area contributed by atoms with Crippen molar-refractivity contribution in [1.29, 1.82) is 0 Å². The Morgan fingerprint density at radius 3 is 2.11 bits per heavy atom. The average molecular weight is 398 g/mol. The number of piperidine rings is 1. The quantitative estimate of drug-likeness (QED) is 0.809. The smallest absolute Gasteiger partial charge is 0.263 e. The molecular formula is C21H23N3O3S. The molecule has 6 nitrogen and oxygen atoms in total. The molecule has 1 unspecified atom stereocenters.